The molecule has 0 spiro atoms. The summed E-state index contributed by atoms with van der Waals surface area (Å²) in [6, 6.07) is 5.02. The van der Waals surface area contributed by atoms with Gasteiger partial charge in [-0.05, 0) is 24.3 Å². The molecular formula is C14H25N3O6Zn3+2. The maximum absolute atomic E-state index is 10.3. The first-order valence-corrected chi connectivity index (χ1v) is 6.57. The molecule has 1 aromatic rings. The second-order valence-electron chi connectivity index (χ2n) is 4.87. The van der Waals surface area contributed by atoms with Crippen molar-refractivity contribution in [3.8, 4) is 0 Å². The predicted molar refractivity (Wildman–Crippen MR) is 87.0 cm³/mol. The van der Waals surface area contributed by atoms with Gasteiger partial charge in [0, 0.05) is 78.2 Å². The van der Waals surface area contributed by atoms with Gasteiger partial charge in [-0.3, -0.25) is 9.80 Å². The van der Waals surface area contributed by atoms with Crippen molar-refractivity contribution in [1.82, 2.24) is 9.80 Å². The van der Waals surface area contributed by atoms with Crippen LogP contribution < -0.4 is 0 Å². The van der Waals surface area contributed by atoms with E-state index in [4.69, 9.17) is 10.2 Å². The zero-order chi connectivity index (χ0) is 14.5. The van der Waals surface area contributed by atoms with Gasteiger partial charge in [0.25, 0.3) is 0 Å². The number of hydrogen-bond donors (Lipinski definition) is 2. The van der Waals surface area contributed by atoms with Crippen LogP contribution in [0.25, 0.3) is 6.15 Å². The number of nitrogens with zero attached hydrogens (tertiary/aromatic N) is 2. The van der Waals surface area contributed by atoms with Crippen LogP contribution in [0, 0.1) is 0 Å². The summed E-state index contributed by atoms with van der Waals surface area (Å²) in [5.41, 5.74) is 0.167. The zero-order valence-electron chi connectivity index (χ0n) is 14.9. The summed E-state index contributed by atoms with van der Waals surface area (Å²) in [5, 5.41) is 16.9. The zero-order valence-corrected chi connectivity index (χ0v) is 23.8. The smallest absolute Gasteiger partial charge is 0.693 e. The Balaban J connectivity index is -0.0000000950. The van der Waals surface area contributed by atoms with E-state index in [2.05, 4.69) is 9.80 Å². The number of fused-ring (bicyclic) bond motifs is 3. The molecule has 4 rings (SSSR count). The average molecular weight is 528 g/mol. The van der Waals surface area contributed by atoms with E-state index in [9.17, 15) is 9.59 Å². The molecule has 0 aliphatic carbocycles. The summed E-state index contributed by atoms with van der Waals surface area (Å²) in [4.78, 5) is 25.8. The van der Waals surface area contributed by atoms with Crippen molar-refractivity contribution in [2.75, 3.05) is 39.3 Å². The number of carboxylic acids is 2. The van der Waals surface area contributed by atoms with E-state index in [1.807, 2.05) is 0 Å². The molecule has 3 fully saturated rings. The van der Waals surface area contributed by atoms with Crippen LogP contribution in [-0.4, -0.2) is 76.7 Å². The molecule has 0 aromatic heterocycles. The molecule has 136 valence electrons. The van der Waals surface area contributed by atoms with Crippen molar-refractivity contribution in [3.63, 3.8) is 0 Å². The van der Waals surface area contributed by atoms with E-state index in [1.165, 1.54) is 63.5 Å². The molecule has 12 heteroatoms. The Morgan fingerprint density at radius 3 is 1.04 bits per heavy atom. The fourth-order valence-electron chi connectivity index (χ4n) is 2.27. The second kappa shape index (κ2) is 18.2. The van der Waals surface area contributed by atoms with Crippen molar-refractivity contribution < 1.29 is 89.2 Å². The third-order valence-corrected chi connectivity index (χ3v) is 3.58. The Bertz CT molecular complexity index is 443. The van der Waals surface area contributed by atoms with Crippen molar-refractivity contribution in [2.45, 2.75) is 0 Å². The van der Waals surface area contributed by atoms with E-state index in [1.54, 1.807) is 0 Å². The average Bonchev–Trinajstić information content (AvgIpc) is 2.50. The van der Waals surface area contributed by atoms with Crippen molar-refractivity contribution in [2.24, 2.45) is 0 Å². The maximum Gasteiger partial charge on any atom is 2.00 e. The van der Waals surface area contributed by atoms with Gasteiger partial charge < -0.3 is 27.3 Å². The third kappa shape index (κ3) is 11.5. The number of carboxylic acid groups (broad SMARTS) is 2. The summed E-state index contributed by atoms with van der Waals surface area (Å²) in [6.45, 7) is 7.92. The minimum Gasteiger partial charge on any atom is -0.693 e. The van der Waals surface area contributed by atoms with E-state index in [0.717, 1.165) is 0 Å². The van der Waals surface area contributed by atoms with Crippen LogP contribution >= 0.6 is 0 Å². The van der Waals surface area contributed by atoms with E-state index in [-0.39, 0.29) is 86.7 Å². The summed E-state index contributed by atoms with van der Waals surface area (Å²) in [5.74, 6) is -2.13. The van der Waals surface area contributed by atoms with Gasteiger partial charge in [0.05, 0.1) is 11.1 Å². The molecule has 3 aliphatic heterocycles. The third-order valence-electron chi connectivity index (χ3n) is 3.58. The first-order valence-electron chi connectivity index (χ1n) is 6.57. The summed E-state index contributed by atoms with van der Waals surface area (Å²) in [7, 11) is 0. The fourth-order valence-corrected chi connectivity index (χ4v) is 2.27. The summed E-state index contributed by atoms with van der Waals surface area (Å²) in [6.07, 6.45) is 0. The Morgan fingerprint density at radius 2 is 0.923 bits per heavy atom. The Kier molecular flexibility index (Phi) is 25.7. The first kappa shape index (κ1) is 36.7. The largest absolute Gasteiger partial charge is 2.00 e. The SMILES string of the molecule is C1CN2CCN1CC2.O.O=C(O)c1ccc(C(=O)O)cc1.[NH2-].[OH3+].[Zn+2].[Zn].[Zn]. The number of carbonyl (C=O) groups is 2. The molecule has 3 heterocycles. The molecule has 0 amide bonds. The van der Waals surface area contributed by atoms with Crippen LogP contribution in [0.3, 0.4) is 0 Å². The van der Waals surface area contributed by atoms with Crippen LogP contribution in [0.5, 0.6) is 0 Å². The minimum atomic E-state index is -1.06. The molecule has 0 unspecified atom stereocenters. The van der Waals surface area contributed by atoms with Crippen molar-refractivity contribution >= 4 is 11.9 Å². The maximum atomic E-state index is 10.3. The topological polar surface area (TPSA) is 179 Å². The van der Waals surface area contributed by atoms with Gasteiger partial charge in [-0.25, -0.2) is 9.59 Å². The quantitative estimate of drug-likeness (QED) is 0.392. The fraction of sp³-hybridized carbons (Fsp3) is 0.429. The molecule has 26 heavy (non-hydrogen) atoms. The van der Waals surface area contributed by atoms with Crippen LogP contribution in [-0.2, 0) is 63.9 Å². The number of hydrogen-bond acceptors (Lipinski definition) is 4. The molecule has 1 aromatic carbocycles. The van der Waals surface area contributed by atoms with Gasteiger partial charge in [-0.15, -0.1) is 0 Å². The van der Waals surface area contributed by atoms with Gasteiger partial charge in [-0.2, -0.15) is 0 Å². The van der Waals surface area contributed by atoms with Crippen LogP contribution in [0.1, 0.15) is 20.7 Å². The molecule has 0 atom stereocenters. The molecule has 9 nitrogen and oxygen atoms in total. The first-order chi connectivity index (χ1) is 9.56. The number of aromatic carboxylic acids is 2. The molecule has 0 saturated carbocycles. The summed E-state index contributed by atoms with van der Waals surface area (Å²) >= 11 is 0. The van der Waals surface area contributed by atoms with Crippen molar-refractivity contribution in [3.05, 3.63) is 41.5 Å². The molecule has 0 radical (unpaired) electrons. The van der Waals surface area contributed by atoms with Gasteiger partial charge in [0.15, 0.2) is 0 Å². The second-order valence-corrected chi connectivity index (χ2v) is 4.87. The van der Waals surface area contributed by atoms with Gasteiger partial charge in [-0.1, -0.05) is 0 Å². The standard InChI is InChI=1S/C8H6O4.C6H12N2.H2N.2H2O.3Zn/c9-7(10)5-1-2-6(4-3-5)8(11)12;1-2-8-5-3-7(1)4-6-8;;;;;;/h1-4H,(H,9,10)(H,11,12);1-6H2;3*1H2;;;/q;;-1;;;;;+2/p+1. The van der Waals surface area contributed by atoms with Gasteiger partial charge in [0.1, 0.15) is 0 Å². The van der Waals surface area contributed by atoms with E-state index in [0.29, 0.717) is 0 Å². The molecule has 3 saturated heterocycles. The van der Waals surface area contributed by atoms with Crippen LogP contribution in [0.4, 0.5) is 0 Å². The van der Waals surface area contributed by atoms with E-state index < -0.39 is 11.9 Å². The van der Waals surface area contributed by atoms with Crippen LogP contribution in [0.2, 0.25) is 0 Å². The number of nitrogens with two attached hydrogens (primary N) is 1. The molecule has 3 aliphatic rings. The van der Waals surface area contributed by atoms with Crippen LogP contribution in [0.15, 0.2) is 24.3 Å². The number of benzene rings is 1. The Labute approximate surface area is 191 Å². The molecule has 9 N–H and O–H groups in total. The normalized spacial score (nSPS) is 18.2. The molecule has 2 bridgehead atoms. The summed E-state index contributed by atoms with van der Waals surface area (Å²) < 4.78 is 0. The monoisotopic (exact) mass is 523 g/mol. The van der Waals surface area contributed by atoms with E-state index >= 15 is 0 Å². The predicted octanol–water partition coefficient (Wildman–Crippen LogP) is -0.336. The Morgan fingerprint density at radius 1 is 0.731 bits per heavy atom. The molecular weight excluding hydrogens is 502 g/mol. The Hall–Kier alpha value is -0.170. The van der Waals surface area contributed by atoms with Gasteiger partial charge in [0.2, 0.25) is 0 Å². The van der Waals surface area contributed by atoms with Crippen molar-refractivity contribution in [1.29, 1.82) is 0 Å². The number of piperazine rings is 3. The number of rotatable bonds is 2. The van der Waals surface area contributed by atoms with Gasteiger partial charge >= 0.3 is 31.4 Å². The minimum absolute atomic E-state index is 0.